The first kappa shape index (κ1) is 16.4. The van der Waals surface area contributed by atoms with Gasteiger partial charge in [0.25, 0.3) is 5.91 Å². The van der Waals surface area contributed by atoms with Gasteiger partial charge in [0.2, 0.25) is 5.91 Å². The van der Waals surface area contributed by atoms with Crippen molar-refractivity contribution in [2.75, 3.05) is 5.32 Å². The van der Waals surface area contributed by atoms with E-state index in [9.17, 15) is 14.0 Å². The molecule has 0 aliphatic carbocycles. The summed E-state index contributed by atoms with van der Waals surface area (Å²) >= 11 is 0. The van der Waals surface area contributed by atoms with Crippen LogP contribution in [-0.2, 0) is 0 Å². The monoisotopic (exact) mass is 338 g/mol. The van der Waals surface area contributed by atoms with Gasteiger partial charge < -0.3 is 11.1 Å². The molecule has 0 saturated carbocycles. The number of carbonyl (C=O) groups excluding carboxylic acids is 2. The summed E-state index contributed by atoms with van der Waals surface area (Å²) in [6.07, 6.45) is 3.44. The lowest BCUT2D eigenvalue weighted by Crippen LogP contribution is -2.16. The van der Waals surface area contributed by atoms with Crippen molar-refractivity contribution in [3.63, 3.8) is 0 Å². The van der Waals surface area contributed by atoms with Gasteiger partial charge in [0.15, 0.2) is 0 Å². The molecule has 0 bridgehead atoms. The summed E-state index contributed by atoms with van der Waals surface area (Å²) in [5.74, 6) is -1.80. The highest BCUT2D eigenvalue weighted by Gasteiger charge is 2.14. The lowest BCUT2D eigenvalue weighted by molar-refractivity contribution is 0.0995. The number of rotatable bonds is 4. The number of nitrogens with one attached hydrogen (secondary N) is 1. The zero-order valence-corrected chi connectivity index (χ0v) is 13.4. The number of hydrogen-bond donors (Lipinski definition) is 2. The number of aromatic nitrogens is 2. The molecule has 0 fully saturated rings. The van der Waals surface area contributed by atoms with Crippen LogP contribution in [0.5, 0.6) is 0 Å². The van der Waals surface area contributed by atoms with Crippen LogP contribution in [0.25, 0.3) is 5.69 Å². The van der Waals surface area contributed by atoms with Gasteiger partial charge in [-0.1, -0.05) is 0 Å². The van der Waals surface area contributed by atoms with E-state index in [0.29, 0.717) is 5.56 Å². The van der Waals surface area contributed by atoms with Gasteiger partial charge in [0, 0.05) is 34.8 Å². The summed E-state index contributed by atoms with van der Waals surface area (Å²) in [5.41, 5.74) is 6.80. The average molecular weight is 338 g/mol. The average Bonchev–Trinajstić information content (AvgIpc) is 3.13. The molecule has 3 N–H and O–H groups in total. The maximum absolute atomic E-state index is 13.9. The summed E-state index contributed by atoms with van der Waals surface area (Å²) in [6, 6.07) is 11.0. The van der Waals surface area contributed by atoms with Crippen LogP contribution in [-0.4, -0.2) is 21.6 Å². The number of hydrogen-bond acceptors (Lipinski definition) is 3. The molecule has 6 nitrogen and oxygen atoms in total. The fraction of sp³-hybridized carbons (Fsp3) is 0.0556. The van der Waals surface area contributed by atoms with Crippen molar-refractivity contribution in [3.05, 3.63) is 77.4 Å². The Kier molecular flexibility index (Phi) is 4.30. The van der Waals surface area contributed by atoms with E-state index in [1.165, 1.54) is 13.0 Å². The third kappa shape index (κ3) is 3.40. The number of carbonyl (C=O) groups is 2. The fourth-order valence-electron chi connectivity index (χ4n) is 2.33. The van der Waals surface area contributed by atoms with Crippen LogP contribution in [0, 0.1) is 12.7 Å². The Morgan fingerprint density at radius 1 is 1.16 bits per heavy atom. The molecule has 0 aliphatic rings. The quantitative estimate of drug-likeness (QED) is 0.766. The molecule has 25 heavy (non-hydrogen) atoms. The third-order valence-corrected chi connectivity index (χ3v) is 3.78. The molecule has 3 rings (SSSR count). The van der Waals surface area contributed by atoms with Gasteiger partial charge in [-0.3, -0.25) is 9.59 Å². The minimum atomic E-state index is -0.766. The Morgan fingerprint density at radius 3 is 2.48 bits per heavy atom. The summed E-state index contributed by atoms with van der Waals surface area (Å²) < 4.78 is 15.6. The van der Waals surface area contributed by atoms with Gasteiger partial charge in [-0.05, 0) is 49.4 Å². The molecule has 0 aliphatic heterocycles. The van der Waals surface area contributed by atoms with E-state index in [2.05, 4.69) is 10.4 Å². The Bertz CT molecular complexity index is 934. The van der Waals surface area contributed by atoms with Crippen LogP contribution in [0.3, 0.4) is 0 Å². The first-order valence-corrected chi connectivity index (χ1v) is 7.47. The van der Waals surface area contributed by atoms with Gasteiger partial charge in [-0.15, -0.1) is 0 Å². The third-order valence-electron chi connectivity index (χ3n) is 3.78. The second-order valence-electron chi connectivity index (χ2n) is 5.45. The van der Waals surface area contributed by atoms with E-state index < -0.39 is 17.6 Å². The van der Waals surface area contributed by atoms with Crippen LogP contribution in [0.1, 0.15) is 26.3 Å². The van der Waals surface area contributed by atoms with Crippen molar-refractivity contribution in [2.24, 2.45) is 5.73 Å². The van der Waals surface area contributed by atoms with Crippen LogP contribution < -0.4 is 11.1 Å². The molecule has 2 aromatic carbocycles. The number of amides is 2. The summed E-state index contributed by atoms with van der Waals surface area (Å²) in [4.78, 5) is 23.6. The highest BCUT2D eigenvalue weighted by Crippen LogP contribution is 2.21. The Labute approximate surface area is 143 Å². The fourth-order valence-corrected chi connectivity index (χ4v) is 2.33. The largest absolute Gasteiger partial charge is 0.366 e. The van der Waals surface area contributed by atoms with Crippen molar-refractivity contribution in [2.45, 2.75) is 6.92 Å². The normalized spacial score (nSPS) is 10.5. The smallest absolute Gasteiger partial charge is 0.255 e. The maximum atomic E-state index is 13.9. The number of primary amides is 1. The van der Waals surface area contributed by atoms with E-state index in [-0.39, 0.29) is 16.8 Å². The van der Waals surface area contributed by atoms with Gasteiger partial charge in [-0.25, -0.2) is 9.07 Å². The Morgan fingerprint density at radius 2 is 1.88 bits per heavy atom. The molecule has 0 radical (unpaired) electrons. The Hall–Kier alpha value is -3.48. The van der Waals surface area contributed by atoms with Crippen LogP contribution >= 0.6 is 0 Å². The number of benzene rings is 2. The number of anilines is 1. The molecule has 2 amide bonds. The van der Waals surface area contributed by atoms with Gasteiger partial charge in [0.05, 0.1) is 5.69 Å². The van der Waals surface area contributed by atoms with Crippen LogP contribution in [0.2, 0.25) is 0 Å². The van der Waals surface area contributed by atoms with Gasteiger partial charge in [0.1, 0.15) is 5.82 Å². The van der Waals surface area contributed by atoms with E-state index >= 15 is 0 Å². The van der Waals surface area contributed by atoms with Crippen molar-refractivity contribution in [3.8, 4) is 5.69 Å². The molecule has 1 heterocycles. The van der Waals surface area contributed by atoms with Crippen molar-refractivity contribution in [1.29, 1.82) is 0 Å². The molecule has 7 heteroatoms. The molecular formula is C18H15FN4O2. The highest BCUT2D eigenvalue weighted by molar-refractivity contribution is 6.05. The summed E-state index contributed by atoms with van der Waals surface area (Å²) in [7, 11) is 0. The highest BCUT2D eigenvalue weighted by atomic mass is 19.1. The first-order valence-electron chi connectivity index (χ1n) is 7.47. The maximum Gasteiger partial charge on any atom is 0.255 e. The second-order valence-corrected chi connectivity index (χ2v) is 5.45. The summed E-state index contributed by atoms with van der Waals surface area (Å²) in [5, 5.41) is 6.71. The van der Waals surface area contributed by atoms with Crippen LogP contribution in [0.15, 0.2) is 54.9 Å². The van der Waals surface area contributed by atoms with Crippen LogP contribution in [0.4, 0.5) is 10.1 Å². The topological polar surface area (TPSA) is 90.0 Å². The van der Waals surface area contributed by atoms with E-state index in [1.807, 2.05) is 0 Å². The first-order chi connectivity index (χ1) is 12.0. The molecule has 0 saturated heterocycles. The molecule has 0 atom stereocenters. The SMILES string of the molecule is Cc1c(F)cc(C(N)=O)cc1NC(=O)c1ccc(-n2cccn2)cc1. The molecular weight excluding hydrogens is 323 g/mol. The minimum absolute atomic E-state index is 0.00701. The summed E-state index contributed by atoms with van der Waals surface area (Å²) in [6.45, 7) is 1.51. The van der Waals surface area contributed by atoms with Crippen molar-refractivity contribution in [1.82, 2.24) is 9.78 Å². The molecule has 0 unspecified atom stereocenters. The zero-order valence-electron chi connectivity index (χ0n) is 13.4. The van der Waals surface area contributed by atoms with E-state index in [4.69, 9.17) is 5.73 Å². The zero-order chi connectivity index (χ0) is 18.0. The number of halogens is 1. The van der Waals surface area contributed by atoms with Crippen molar-refractivity contribution >= 4 is 17.5 Å². The number of nitrogens with zero attached hydrogens (tertiary/aromatic N) is 2. The molecule has 3 aromatic rings. The Balaban J connectivity index is 1.84. The van der Waals surface area contributed by atoms with Gasteiger partial charge >= 0.3 is 0 Å². The molecule has 1 aromatic heterocycles. The predicted molar refractivity (Wildman–Crippen MR) is 91.2 cm³/mol. The lowest BCUT2D eigenvalue weighted by Gasteiger charge is -2.11. The lowest BCUT2D eigenvalue weighted by atomic mass is 10.1. The van der Waals surface area contributed by atoms with Crippen molar-refractivity contribution < 1.29 is 14.0 Å². The minimum Gasteiger partial charge on any atom is -0.366 e. The predicted octanol–water partition coefficient (Wildman–Crippen LogP) is 2.67. The standard InChI is InChI=1S/C18H15FN4O2/c1-11-15(19)9-13(17(20)24)10-16(11)22-18(25)12-3-5-14(6-4-12)23-8-2-7-21-23/h2-10H,1H3,(H2,20,24)(H,22,25). The van der Waals surface area contributed by atoms with Gasteiger partial charge in [-0.2, -0.15) is 5.10 Å². The van der Waals surface area contributed by atoms with E-state index in [0.717, 1.165) is 11.8 Å². The van der Waals surface area contributed by atoms with E-state index in [1.54, 1.807) is 47.4 Å². The molecule has 126 valence electrons. The molecule has 0 spiro atoms. The second kappa shape index (κ2) is 6.56. The number of nitrogens with two attached hydrogens (primary N) is 1.